The van der Waals surface area contributed by atoms with Crippen LogP contribution in [0.25, 0.3) is 0 Å². The molecule has 0 radical (unpaired) electrons. The topological polar surface area (TPSA) is 67.9 Å². The van der Waals surface area contributed by atoms with Crippen LogP contribution < -0.4 is 14.8 Å². The highest BCUT2D eigenvalue weighted by Gasteiger charge is 2.16. The van der Waals surface area contributed by atoms with Crippen molar-refractivity contribution in [3.8, 4) is 11.5 Å². The number of benzene rings is 2. The number of nitrogens with zero attached hydrogens (tertiary/aromatic N) is 1. The Bertz CT molecular complexity index is 842. The van der Waals surface area contributed by atoms with Gasteiger partial charge in [-0.25, -0.2) is 0 Å². The monoisotopic (exact) mass is 396 g/mol. The van der Waals surface area contributed by atoms with Gasteiger partial charge in [0.15, 0.2) is 11.5 Å². The standard InChI is InChI=1S/C23H28N2O4/c1-28-20-11-8-18(14-21(20)29-2)15-22(26)24-19-9-6-17(7-10-19)16-23(27)25-12-4-3-5-13-25/h6-11,14H,3-5,12-13,15-16H2,1-2H3,(H,24,26). The molecule has 6 nitrogen and oxygen atoms in total. The number of carbonyl (C=O) groups excluding carboxylic acids is 2. The van der Waals surface area contributed by atoms with E-state index >= 15 is 0 Å². The van der Waals surface area contributed by atoms with Crippen molar-refractivity contribution in [2.24, 2.45) is 0 Å². The first-order valence-electron chi connectivity index (χ1n) is 9.96. The Morgan fingerprint density at radius 1 is 0.862 bits per heavy atom. The highest BCUT2D eigenvalue weighted by Crippen LogP contribution is 2.27. The van der Waals surface area contributed by atoms with E-state index in [1.165, 1.54) is 6.42 Å². The van der Waals surface area contributed by atoms with E-state index in [0.29, 0.717) is 23.6 Å². The van der Waals surface area contributed by atoms with Gasteiger partial charge in [-0.3, -0.25) is 9.59 Å². The molecule has 1 saturated heterocycles. The second-order valence-electron chi connectivity index (χ2n) is 7.23. The molecule has 0 saturated carbocycles. The first-order chi connectivity index (χ1) is 14.1. The number of hydrogen-bond acceptors (Lipinski definition) is 4. The molecule has 1 fully saturated rings. The Kier molecular flexibility index (Phi) is 7.11. The molecule has 0 atom stereocenters. The highest BCUT2D eigenvalue weighted by atomic mass is 16.5. The van der Waals surface area contributed by atoms with Gasteiger partial charge in [-0.05, 0) is 54.7 Å². The summed E-state index contributed by atoms with van der Waals surface area (Å²) < 4.78 is 10.5. The van der Waals surface area contributed by atoms with E-state index in [9.17, 15) is 9.59 Å². The lowest BCUT2D eigenvalue weighted by Gasteiger charge is -2.26. The number of piperidine rings is 1. The van der Waals surface area contributed by atoms with Crippen LogP contribution in [0.4, 0.5) is 5.69 Å². The molecule has 0 bridgehead atoms. The third-order valence-electron chi connectivity index (χ3n) is 5.11. The number of ether oxygens (including phenoxy) is 2. The predicted molar refractivity (Wildman–Crippen MR) is 112 cm³/mol. The fourth-order valence-electron chi connectivity index (χ4n) is 3.52. The smallest absolute Gasteiger partial charge is 0.228 e. The molecule has 0 spiro atoms. The third-order valence-corrected chi connectivity index (χ3v) is 5.11. The second-order valence-corrected chi connectivity index (χ2v) is 7.23. The van der Waals surface area contributed by atoms with Gasteiger partial charge in [0.2, 0.25) is 11.8 Å². The van der Waals surface area contributed by atoms with Crippen LogP contribution in [-0.2, 0) is 22.4 Å². The van der Waals surface area contributed by atoms with Gasteiger partial charge in [0, 0.05) is 18.8 Å². The molecule has 0 aromatic heterocycles. The van der Waals surface area contributed by atoms with Crippen LogP contribution >= 0.6 is 0 Å². The Labute approximate surface area is 171 Å². The van der Waals surface area contributed by atoms with Gasteiger partial charge in [-0.15, -0.1) is 0 Å². The lowest BCUT2D eigenvalue weighted by molar-refractivity contribution is -0.131. The number of nitrogens with one attached hydrogen (secondary N) is 1. The Balaban J connectivity index is 1.53. The van der Waals surface area contributed by atoms with Gasteiger partial charge in [0.1, 0.15) is 0 Å². The van der Waals surface area contributed by atoms with Crippen molar-refractivity contribution >= 4 is 17.5 Å². The van der Waals surface area contributed by atoms with Gasteiger partial charge < -0.3 is 19.7 Å². The minimum Gasteiger partial charge on any atom is -0.493 e. The van der Waals surface area contributed by atoms with E-state index < -0.39 is 0 Å². The summed E-state index contributed by atoms with van der Waals surface area (Å²) in [6, 6.07) is 12.9. The quantitative estimate of drug-likeness (QED) is 0.779. The number of amides is 2. The Morgan fingerprint density at radius 2 is 1.52 bits per heavy atom. The average Bonchev–Trinajstić information content (AvgIpc) is 2.75. The molecule has 0 unspecified atom stereocenters. The summed E-state index contributed by atoms with van der Waals surface area (Å²) in [6.07, 6.45) is 4.03. The number of likely N-dealkylation sites (tertiary alicyclic amines) is 1. The number of hydrogen-bond donors (Lipinski definition) is 1. The largest absolute Gasteiger partial charge is 0.493 e. The maximum Gasteiger partial charge on any atom is 0.228 e. The molecule has 1 N–H and O–H groups in total. The minimum absolute atomic E-state index is 0.116. The first-order valence-corrected chi connectivity index (χ1v) is 9.96. The van der Waals surface area contributed by atoms with Crippen LogP contribution in [0.15, 0.2) is 42.5 Å². The number of rotatable bonds is 7. The van der Waals surface area contributed by atoms with E-state index in [1.54, 1.807) is 26.4 Å². The molecule has 6 heteroatoms. The molecule has 29 heavy (non-hydrogen) atoms. The van der Waals surface area contributed by atoms with Crippen molar-refractivity contribution < 1.29 is 19.1 Å². The summed E-state index contributed by atoms with van der Waals surface area (Å²) in [5.74, 6) is 1.29. The molecule has 1 aliphatic rings. The molecular weight excluding hydrogens is 368 g/mol. The van der Waals surface area contributed by atoms with E-state index in [1.807, 2.05) is 35.2 Å². The molecular formula is C23H28N2O4. The summed E-state index contributed by atoms with van der Waals surface area (Å²) in [5, 5.41) is 2.89. The van der Waals surface area contributed by atoms with Crippen molar-refractivity contribution in [3.63, 3.8) is 0 Å². The van der Waals surface area contributed by atoms with Crippen LogP contribution in [0.5, 0.6) is 11.5 Å². The van der Waals surface area contributed by atoms with Crippen molar-refractivity contribution in [3.05, 3.63) is 53.6 Å². The Morgan fingerprint density at radius 3 is 2.17 bits per heavy atom. The van der Waals surface area contributed by atoms with E-state index in [0.717, 1.165) is 37.1 Å². The summed E-state index contributed by atoms with van der Waals surface area (Å²) in [5.41, 5.74) is 2.51. The first kappa shape index (κ1) is 20.7. The molecule has 0 aliphatic carbocycles. The maximum absolute atomic E-state index is 12.4. The summed E-state index contributed by atoms with van der Waals surface area (Å²) >= 11 is 0. The van der Waals surface area contributed by atoms with Gasteiger partial charge in [0.25, 0.3) is 0 Å². The van der Waals surface area contributed by atoms with Crippen molar-refractivity contribution in [1.82, 2.24) is 4.90 Å². The molecule has 3 rings (SSSR count). The SMILES string of the molecule is COc1ccc(CC(=O)Nc2ccc(CC(=O)N3CCCCC3)cc2)cc1OC. The second kappa shape index (κ2) is 9.96. The van der Waals surface area contributed by atoms with Crippen molar-refractivity contribution in [2.45, 2.75) is 32.1 Å². The van der Waals surface area contributed by atoms with Gasteiger partial charge in [0.05, 0.1) is 27.1 Å². The molecule has 2 aromatic carbocycles. The van der Waals surface area contributed by atoms with Gasteiger partial charge >= 0.3 is 0 Å². The summed E-state index contributed by atoms with van der Waals surface area (Å²) in [7, 11) is 3.15. The normalized spacial score (nSPS) is 13.7. The number of methoxy groups -OCH3 is 2. The fraction of sp³-hybridized carbons (Fsp3) is 0.391. The van der Waals surface area contributed by atoms with Crippen molar-refractivity contribution in [1.29, 1.82) is 0 Å². The number of carbonyl (C=O) groups is 2. The van der Waals surface area contributed by atoms with E-state index in [4.69, 9.17) is 9.47 Å². The predicted octanol–water partition coefficient (Wildman–Crippen LogP) is 3.44. The lowest BCUT2D eigenvalue weighted by Crippen LogP contribution is -2.36. The molecule has 154 valence electrons. The zero-order chi connectivity index (χ0) is 20.6. The van der Waals surface area contributed by atoms with Crippen LogP contribution in [0, 0.1) is 0 Å². The van der Waals surface area contributed by atoms with Crippen molar-refractivity contribution in [2.75, 3.05) is 32.6 Å². The van der Waals surface area contributed by atoms with Gasteiger partial charge in [-0.1, -0.05) is 18.2 Å². The zero-order valence-corrected chi connectivity index (χ0v) is 17.1. The lowest BCUT2D eigenvalue weighted by atomic mass is 10.1. The van der Waals surface area contributed by atoms with Gasteiger partial charge in [-0.2, -0.15) is 0 Å². The summed E-state index contributed by atoms with van der Waals surface area (Å²) in [6.45, 7) is 1.73. The molecule has 2 aromatic rings. The van der Waals surface area contributed by atoms with E-state index in [2.05, 4.69) is 5.32 Å². The maximum atomic E-state index is 12.4. The number of anilines is 1. The zero-order valence-electron chi connectivity index (χ0n) is 17.1. The van der Waals surface area contributed by atoms with E-state index in [-0.39, 0.29) is 18.2 Å². The van der Waals surface area contributed by atoms with Crippen LogP contribution in [0.2, 0.25) is 0 Å². The third kappa shape index (κ3) is 5.73. The van der Waals surface area contributed by atoms with Crippen LogP contribution in [0.1, 0.15) is 30.4 Å². The summed E-state index contributed by atoms with van der Waals surface area (Å²) in [4.78, 5) is 26.7. The van der Waals surface area contributed by atoms with Crippen LogP contribution in [-0.4, -0.2) is 44.0 Å². The minimum atomic E-state index is -0.116. The molecule has 1 aliphatic heterocycles. The molecule has 1 heterocycles. The fourth-order valence-corrected chi connectivity index (χ4v) is 3.52. The Hall–Kier alpha value is -3.02. The average molecular weight is 396 g/mol. The highest BCUT2D eigenvalue weighted by molar-refractivity contribution is 5.92. The van der Waals surface area contributed by atoms with Crippen LogP contribution in [0.3, 0.4) is 0 Å². The molecule has 2 amide bonds.